The minimum atomic E-state index is -0.0756. The van der Waals surface area contributed by atoms with Crippen molar-refractivity contribution in [3.8, 4) is 0 Å². The lowest BCUT2D eigenvalue weighted by Gasteiger charge is -2.09. The smallest absolute Gasteiger partial charge is 0.255 e. The average molecular weight is 416 g/mol. The Morgan fingerprint density at radius 2 is 1.94 bits per heavy atom. The van der Waals surface area contributed by atoms with Crippen LogP contribution in [0.15, 0.2) is 46.9 Å². The van der Waals surface area contributed by atoms with Crippen LogP contribution in [0.5, 0.6) is 0 Å². The van der Waals surface area contributed by atoms with Gasteiger partial charge >= 0.3 is 0 Å². The van der Waals surface area contributed by atoms with Gasteiger partial charge in [0.1, 0.15) is 0 Å². The van der Waals surface area contributed by atoms with Crippen LogP contribution >= 0.6 is 38.5 Å². The van der Waals surface area contributed by atoms with E-state index in [0.717, 1.165) is 19.3 Å². The fourth-order valence-corrected chi connectivity index (χ4v) is 3.05. The summed E-state index contributed by atoms with van der Waals surface area (Å²) in [6, 6.07) is 13.3. The average Bonchev–Trinajstić information content (AvgIpc) is 2.33. The van der Waals surface area contributed by atoms with Crippen LogP contribution in [-0.2, 0) is 0 Å². The minimum Gasteiger partial charge on any atom is -0.321 e. The normalized spacial score (nSPS) is 10.2. The molecule has 0 heterocycles. The van der Waals surface area contributed by atoms with Gasteiger partial charge in [0.25, 0.3) is 5.91 Å². The summed E-state index contributed by atoms with van der Waals surface area (Å²) in [5, 5.41) is 2.93. The first-order valence-corrected chi connectivity index (χ1v) is 7.27. The highest BCUT2D eigenvalue weighted by Crippen LogP contribution is 2.23. The third kappa shape index (κ3) is 3.11. The Morgan fingerprint density at radius 1 is 1.22 bits per heavy atom. The number of rotatable bonds is 2. The Bertz CT molecular complexity index is 598. The van der Waals surface area contributed by atoms with Crippen molar-refractivity contribution in [1.29, 1.82) is 0 Å². The first-order chi connectivity index (χ1) is 8.58. The molecule has 0 aliphatic heterocycles. The van der Waals surface area contributed by atoms with E-state index in [4.69, 9.17) is 0 Å². The van der Waals surface area contributed by atoms with Gasteiger partial charge in [-0.15, -0.1) is 0 Å². The van der Waals surface area contributed by atoms with Gasteiger partial charge in [-0.2, -0.15) is 0 Å². The second-order valence-electron chi connectivity index (χ2n) is 3.89. The number of amides is 1. The molecule has 2 aromatic carbocycles. The molecule has 18 heavy (non-hydrogen) atoms. The lowest BCUT2D eigenvalue weighted by atomic mass is 10.1. The van der Waals surface area contributed by atoms with Gasteiger partial charge in [0.05, 0.1) is 5.69 Å². The molecular formula is C14H11BrINO. The van der Waals surface area contributed by atoms with E-state index in [1.54, 1.807) is 0 Å². The fraction of sp³-hybridized carbons (Fsp3) is 0.0714. The first-order valence-electron chi connectivity index (χ1n) is 5.40. The number of nitrogens with one attached hydrogen (secondary N) is 1. The van der Waals surface area contributed by atoms with Gasteiger partial charge in [0.2, 0.25) is 0 Å². The summed E-state index contributed by atoms with van der Waals surface area (Å²) in [5.74, 6) is -0.0756. The van der Waals surface area contributed by atoms with Crippen LogP contribution in [0.25, 0.3) is 0 Å². The van der Waals surface area contributed by atoms with E-state index in [1.807, 2.05) is 49.4 Å². The van der Waals surface area contributed by atoms with Crippen molar-refractivity contribution in [1.82, 2.24) is 0 Å². The Kier molecular flexibility index (Phi) is 4.40. The maximum absolute atomic E-state index is 12.1. The Labute approximate surface area is 128 Å². The second kappa shape index (κ2) is 5.84. The van der Waals surface area contributed by atoms with E-state index < -0.39 is 0 Å². The SMILES string of the molecule is Cc1ccccc1C(=O)Nc1ccc(Br)cc1I. The summed E-state index contributed by atoms with van der Waals surface area (Å²) in [6.07, 6.45) is 0. The zero-order valence-corrected chi connectivity index (χ0v) is 13.4. The van der Waals surface area contributed by atoms with Crippen molar-refractivity contribution in [2.24, 2.45) is 0 Å². The highest BCUT2D eigenvalue weighted by molar-refractivity contribution is 14.1. The summed E-state index contributed by atoms with van der Waals surface area (Å²) in [7, 11) is 0. The second-order valence-corrected chi connectivity index (χ2v) is 5.97. The lowest BCUT2D eigenvalue weighted by molar-refractivity contribution is 0.102. The van der Waals surface area contributed by atoms with Crippen LogP contribution in [0, 0.1) is 10.5 Å². The highest BCUT2D eigenvalue weighted by atomic mass is 127. The Balaban J connectivity index is 2.24. The van der Waals surface area contributed by atoms with Crippen LogP contribution < -0.4 is 5.32 Å². The van der Waals surface area contributed by atoms with Gasteiger partial charge in [-0.3, -0.25) is 4.79 Å². The molecule has 0 saturated heterocycles. The maximum Gasteiger partial charge on any atom is 0.255 e. The molecule has 1 N–H and O–H groups in total. The number of halogens is 2. The zero-order valence-electron chi connectivity index (χ0n) is 9.71. The predicted molar refractivity (Wildman–Crippen MR) is 86.0 cm³/mol. The van der Waals surface area contributed by atoms with Crippen LogP contribution in [0.1, 0.15) is 15.9 Å². The summed E-state index contributed by atoms with van der Waals surface area (Å²) in [6.45, 7) is 1.93. The molecule has 0 aliphatic rings. The van der Waals surface area contributed by atoms with E-state index in [1.165, 1.54) is 0 Å². The molecule has 0 spiro atoms. The summed E-state index contributed by atoms with van der Waals surface area (Å²) in [4.78, 5) is 12.1. The number of carbonyl (C=O) groups is 1. The summed E-state index contributed by atoms with van der Waals surface area (Å²) >= 11 is 5.60. The molecule has 0 bridgehead atoms. The van der Waals surface area contributed by atoms with E-state index in [0.29, 0.717) is 5.56 Å². The molecule has 0 aromatic heterocycles. The molecule has 0 atom stereocenters. The monoisotopic (exact) mass is 415 g/mol. The predicted octanol–water partition coefficient (Wildman–Crippen LogP) is 4.61. The standard InChI is InChI=1S/C14H11BrINO/c1-9-4-2-3-5-11(9)14(18)17-13-7-6-10(15)8-12(13)16/h2-8H,1H3,(H,17,18). The number of benzene rings is 2. The first kappa shape index (κ1) is 13.5. The number of carbonyl (C=O) groups excluding carboxylic acids is 1. The zero-order chi connectivity index (χ0) is 13.1. The van der Waals surface area contributed by atoms with E-state index in [2.05, 4.69) is 43.8 Å². The molecule has 0 fully saturated rings. The van der Waals surface area contributed by atoms with Crippen LogP contribution in [0.3, 0.4) is 0 Å². The summed E-state index contributed by atoms with van der Waals surface area (Å²) < 4.78 is 2.00. The number of hydrogen-bond acceptors (Lipinski definition) is 1. The minimum absolute atomic E-state index is 0.0756. The van der Waals surface area contributed by atoms with Gasteiger partial charge in [0, 0.05) is 13.6 Å². The molecule has 0 saturated carbocycles. The van der Waals surface area contributed by atoms with Gasteiger partial charge in [-0.05, 0) is 59.3 Å². The third-order valence-electron chi connectivity index (χ3n) is 2.57. The fourth-order valence-electron chi connectivity index (χ4n) is 1.61. The van der Waals surface area contributed by atoms with Gasteiger partial charge in [0.15, 0.2) is 0 Å². The third-order valence-corrected chi connectivity index (χ3v) is 3.95. The molecule has 0 radical (unpaired) electrons. The van der Waals surface area contributed by atoms with Crippen molar-refractivity contribution in [2.45, 2.75) is 6.92 Å². The molecule has 1 amide bonds. The van der Waals surface area contributed by atoms with Crippen molar-refractivity contribution in [3.05, 3.63) is 61.6 Å². The van der Waals surface area contributed by atoms with E-state index in [-0.39, 0.29) is 5.91 Å². The van der Waals surface area contributed by atoms with E-state index >= 15 is 0 Å². The van der Waals surface area contributed by atoms with Crippen LogP contribution in [-0.4, -0.2) is 5.91 Å². The molecule has 0 unspecified atom stereocenters. The molecular weight excluding hydrogens is 405 g/mol. The number of hydrogen-bond donors (Lipinski definition) is 1. The van der Waals surface area contributed by atoms with Crippen molar-refractivity contribution < 1.29 is 4.79 Å². The van der Waals surface area contributed by atoms with Crippen molar-refractivity contribution >= 4 is 50.1 Å². The van der Waals surface area contributed by atoms with Crippen LogP contribution in [0.2, 0.25) is 0 Å². The quantitative estimate of drug-likeness (QED) is 0.712. The van der Waals surface area contributed by atoms with Crippen molar-refractivity contribution in [2.75, 3.05) is 5.32 Å². The maximum atomic E-state index is 12.1. The molecule has 2 nitrogen and oxygen atoms in total. The van der Waals surface area contributed by atoms with E-state index in [9.17, 15) is 4.79 Å². The number of aryl methyl sites for hydroxylation is 1. The Morgan fingerprint density at radius 3 is 2.61 bits per heavy atom. The van der Waals surface area contributed by atoms with Crippen molar-refractivity contribution in [3.63, 3.8) is 0 Å². The highest BCUT2D eigenvalue weighted by Gasteiger charge is 2.10. The molecule has 2 aromatic rings. The summed E-state index contributed by atoms with van der Waals surface area (Å²) in [5.41, 5.74) is 2.50. The van der Waals surface area contributed by atoms with Gasteiger partial charge < -0.3 is 5.32 Å². The molecule has 92 valence electrons. The molecule has 2 rings (SSSR count). The van der Waals surface area contributed by atoms with Gasteiger partial charge in [-0.25, -0.2) is 0 Å². The largest absolute Gasteiger partial charge is 0.321 e. The van der Waals surface area contributed by atoms with Crippen LogP contribution in [0.4, 0.5) is 5.69 Å². The molecule has 4 heteroatoms. The molecule has 0 aliphatic carbocycles. The van der Waals surface area contributed by atoms with Gasteiger partial charge in [-0.1, -0.05) is 34.1 Å². The lowest BCUT2D eigenvalue weighted by Crippen LogP contribution is -2.14. The Hall–Kier alpha value is -0.880. The topological polar surface area (TPSA) is 29.1 Å². The number of anilines is 1.